The van der Waals surface area contributed by atoms with E-state index in [1.807, 2.05) is 39.8 Å². The maximum absolute atomic E-state index is 12.1. The van der Waals surface area contributed by atoms with Crippen molar-refractivity contribution in [3.05, 3.63) is 34.3 Å². The molecule has 1 aromatic rings. The molecule has 2 heterocycles. The van der Waals surface area contributed by atoms with Crippen LogP contribution in [0.25, 0.3) is 0 Å². The lowest BCUT2D eigenvalue weighted by Gasteiger charge is -2.43. The van der Waals surface area contributed by atoms with Crippen LogP contribution in [0, 0.1) is 18.8 Å². The minimum Gasteiger partial charge on any atom is -0.448 e. The van der Waals surface area contributed by atoms with E-state index in [1.165, 1.54) is 0 Å². The quantitative estimate of drug-likeness (QED) is 0.371. The average molecular weight is 545 g/mol. The number of alkyl carbamates (subject to hydrolysis) is 2. The van der Waals surface area contributed by atoms with Gasteiger partial charge in [-0.15, -0.1) is 11.6 Å². The maximum Gasteiger partial charge on any atom is 0.407 e. The highest BCUT2D eigenvalue weighted by molar-refractivity contribution is 6.31. The van der Waals surface area contributed by atoms with Gasteiger partial charge in [0.25, 0.3) is 0 Å². The molecule has 0 radical (unpaired) electrons. The lowest BCUT2D eigenvalue weighted by molar-refractivity contribution is 0.0515. The summed E-state index contributed by atoms with van der Waals surface area (Å²) in [6.45, 7) is 11.1. The first-order chi connectivity index (χ1) is 17.1. The zero-order valence-electron chi connectivity index (χ0n) is 21.5. The van der Waals surface area contributed by atoms with Gasteiger partial charge in [0.1, 0.15) is 12.2 Å². The minimum absolute atomic E-state index is 0.0104. The number of ether oxygens (including phenoxy) is 2. The van der Waals surface area contributed by atoms with Crippen molar-refractivity contribution in [2.75, 3.05) is 45.2 Å². The highest BCUT2D eigenvalue weighted by atomic mass is 35.5. The van der Waals surface area contributed by atoms with Crippen molar-refractivity contribution in [3.63, 3.8) is 0 Å². The van der Waals surface area contributed by atoms with Crippen LogP contribution in [0.5, 0.6) is 0 Å². The van der Waals surface area contributed by atoms with Crippen LogP contribution in [-0.4, -0.2) is 74.1 Å². The first kappa shape index (κ1) is 28.8. The summed E-state index contributed by atoms with van der Waals surface area (Å²) in [6, 6.07) is 6.08. The van der Waals surface area contributed by atoms with Gasteiger partial charge >= 0.3 is 12.2 Å². The van der Waals surface area contributed by atoms with Gasteiger partial charge in [0.2, 0.25) is 0 Å². The first-order valence-corrected chi connectivity index (χ1v) is 13.4. The van der Waals surface area contributed by atoms with E-state index in [0.717, 1.165) is 35.7 Å². The Morgan fingerprint density at radius 2 is 1.94 bits per heavy atom. The number of rotatable bonds is 8. The van der Waals surface area contributed by atoms with Crippen molar-refractivity contribution in [1.82, 2.24) is 26.2 Å². The molecule has 2 amide bonds. The number of carbonyl (C=O) groups excluding carboxylic acids is 2. The van der Waals surface area contributed by atoms with Gasteiger partial charge in [-0.1, -0.05) is 23.7 Å². The van der Waals surface area contributed by atoms with Crippen LogP contribution in [0.2, 0.25) is 5.02 Å². The molecular weight excluding hydrogens is 505 g/mol. The molecule has 0 saturated carbocycles. The smallest absolute Gasteiger partial charge is 0.407 e. The Kier molecular flexibility index (Phi) is 10.5. The molecule has 1 aromatic carbocycles. The molecule has 11 heteroatoms. The van der Waals surface area contributed by atoms with Crippen LogP contribution in [0.15, 0.2) is 18.2 Å². The lowest BCUT2D eigenvalue weighted by atomic mass is 9.99. The van der Waals surface area contributed by atoms with E-state index in [-0.39, 0.29) is 30.7 Å². The molecule has 2 aliphatic rings. The number of nitrogens with zero attached hydrogens (tertiary/aromatic N) is 1. The fraction of sp³-hybridized carbons (Fsp3) is 0.680. The van der Waals surface area contributed by atoms with E-state index >= 15 is 0 Å². The van der Waals surface area contributed by atoms with Gasteiger partial charge in [-0.05, 0) is 57.2 Å². The second kappa shape index (κ2) is 13.1. The third-order valence-electron chi connectivity index (χ3n) is 6.36. The molecule has 4 unspecified atom stereocenters. The molecule has 4 atom stereocenters. The van der Waals surface area contributed by atoms with Gasteiger partial charge in [0.15, 0.2) is 0 Å². The molecular formula is C25H39Cl2N5O4. The highest BCUT2D eigenvalue weighted by Gasteiger charge is 2.38. The Balaban J connectivity index is 1.63. The second-order valence-corrected chi connectivity index (χ2v) is 11.2. The van der Waals surface area contributed by atoms with Crippen LogP contribution >= 0.6 is 23.2 Å². The third-order valence-corrected chi connectivity index (χ3v) is 6.92. The first-order valence-electron chi connectivity index (χ1n) is 12.5. The predicted molar refractivity (Wildman–Crippen MR) is 141 cm³/mol. The largest absolute Gasteiger partial charge is 0.448 e. The number of halogens is 2. The molecule has 2 aliphatic heterocycles. The Hall–Kier alpha value is -1.78. The van der Waals surface area contributed by atoms with E-state index in [0.29, 0.717) is 25.6 Å². The fourth-order valence-electron chi connectivity index (χ4n) is 4.56. The van der Waals surface area contributed by atoms with E-state index in [2.05, 4.69) is 32.2 Å². The second-order valence-electron chi connectivity index (χ2n) is 10.5. The van der Waals surface area contributed by atoms with Crippen molar-refractivity contribution in [2.45, 2.75) is 52.0 Å². The Morgan fingerprint density at radius 3 is 2.64 bits per heavy atom. The van der Waals surface area contributed by atoms with Crippen LogP contribution in [0.1, 0.15) is 44.5 Å². The fourth-order valence-corrected chi connectivity index (χ4v) is 4.82. The Bertz CT molecular complexity index is 898. The van der Waals surface area contributed by atoms with Crippen molar-refractivity contribution >= 4 is 35.4 Å². The molecule has 0 aromatic heterocycles. The van der Waals surface area contributed by atoms with E-state index in [9.17, 15) is 9.59 Å². The summed E-state index contributed by atoms with van der Waals surface area (Å²) in [5, 5.41) is 13.8. The number of hydrogen-bond acceptors (Lipinski definition) is 7. The predicted octanol–water partition coefficient (Wildman–Crippen LogP) is 3.59. The number of alkyl halides is 1. The van der Waals surface area contributed by atoms with Crippen molar-refractivity contribution in [1.29, 1.82) is 0 Å². The van der Waals surface area contributed by atoms with Crippen LogP contribution < -0.4 is 21.3 Å². The van der Waals surface area contributed by atoms with Crippen LogP contribution in [0.4, 0.5) is 9.59 Å². The number of nitrogens with one attached hydrogen (secondary N) is 4. The summed E-state index contributed by atoms with van der Waals surface area (Å²) in [5.74, 6) is 0.669. The molecule has 0 aliphatic carbocycles. The summed E-state index contributed by atoms with van der Waals surface area (Å²) in [7, 11) is 0. The normalized spacial score (nSPS) is 24.8. The summed E-state index contributed by atoms with van der Waals surface area (Å²) in [5.41, 5.74) is 1.57. The number of benzene rings is 1. The van der Waals surface area contributed by atoms with Gasteiger partial charge in [-0.3, -0.25) is 15.5 Å². The third kappa shape index (κ3) is 8.66. The number of carbonyl (C=O) groups is 2. The molecule has 0 bridgehead atoms. The molecule has 4 N–H and O–H groups in total. The number of likely N-dealkylation sites (tertiary alicyclic amines) is 1. The molecule has 36 heavy (non-hydrogen) atoms. The van der Waals surface area contributed by atoms with Gasteiger partial charge in [-0.2, -0.15) is 0 Å². The molecule has 9 nitrogen and oxygen atoms in total. The Labute approximate surface area is 223 Å². The topological polar surface area (TPSA) is 104 Å². The van der Waals surface area contributed by atoms with Gasteiger partial charge in [0, 0.05) is 43.7 Å². The Morgan fingerprint density at radius 1 is 1.19 bits per heavy atom. The standard InChI is InChI=1S/C25H39Cl2N5O4/c1-16-5-6-18(11-20(16)27)21-28-13-19(14-30-23(33)35-10-8-26)22(31-21)32-9-7-17(15-32)12-29-24(34)36-25(2,3)4/h5-6,11,17,19,21-22,28,31H,7-10,12-15H2,1-4H3,(H,29,34)(H,30,33). The molecule has 2 saturated heterocycles. The average Bonchev–Trinajstić information content (AvgIpc) is 3.29. The zero-order valence-corrected chi connectivity index (χ0v) is 23.0. The zero-order chi connectivity index (χ0) is 26.3. The molecule has 2 fully saturated rings. The summed E-state index contributed by atoms with van der Waals surface area (Å²) < 4.78 is 10.4. The molecule has 0 spiro atoms. The van der Waals surface area contributed by atoms with Crippen LogP contribution in [-0.2, 0) is 9.47 Å². The number of aryl methyl sites for hydroxylation is 1. The van der Waals surface area contributed by atoms with E-state index in [1.54, 1.807) is 0 Å². The minimum atomic E-state index is -0.524. The van der Waals surface area contributed by atoms with E-state index < -0.39 is 17.8 Å². The summed E-state index contributed by atoms with van der Waals surface area (Å²) >= 11 is 12.0. The lowest BCUT2D eigenvalue weighted by Crippen LogP contribution is -2.62. The highest BCUT2D eigenvalue weighted by Crippen LogP contribution is 2.27. The van der Waals surface area contributed by atoms with Crippen molar-refractivity contribution in [3.8, 4) is 0 Å². The SMILES string of the molecule is Cc1ccc(C2NCC(CNC(=O)OCCCl)C(N3CCC(CNC(=O)OC(C)(C)C)C3)N2)cc1Cl. The van der Waals surface area contributed by atoms with E-state index in [4.69, 9.17) is 32.7 Å². The number of amides is 2. The van der Waals surface area contributed by atoms with Crippen molar-refractivity contribution < 1.29 is 19.1 Å². The van der Waals surface area contributed by atoms with Crippen LogP contribution in [0.3, 0.4) is 0 Å². The van der Waals surface area contributed by atoms with Gasteiger partial charge in [-0.25, -0.2) is 9.59 Å². The maximum atomic E-state index is 12.1. The van der Waals surface area contributed by atoms with Gasteiger partial charge in [0.05, 0.1) is 18.2 Å². The summed E-state index contributed by atoms with van der Waals surface area (Å²) in [4.78, 5) is 26.5. The number of hydrogen-bond donors (Lipinski definition) is 4. The monoisotopic (exact) mass is 543 g/mol. The summed E-state index contributed by atoms with van der Waals surface area (Å²) in [6.07, 6.45) is 0.0283. The van der Waals surface area contributed by atoms with Crippen molar-refractivity contribution in [2.24, 2.45) is 11.8 Å². The molecule has 3 rings (SSSR count). The molecule has 202 valence electrons. The van der Waals surface area contributed by atoms with Gasteiger partial charge < -0.3 is 20.1 Å².